The molecule has 0 unspecified atom stereocenters. The average Bonchev–Trinajstić information content (AvgIpc) is 2.58. The molecule has 0 bridgehead atoms. The van der Waals surface area contributed by atoms with Crippen LogP contribution in [0.3, 0.4) is 0 Å². The molecular formula is C13H13Cl2NO2. The second-order valence-electron chi connectivity index (χ2n) is 5.03. The van der Waals surface area contributed by atoms with Crippen molar-refractivity contribution in [2.24, 2.45) is 0 Å². The topological polar surface area (TPSA) is 42.1 Å². The first-order valence-corrected chi connectivity index (χ1v) is 6.23. The van der Waals surface area contributed by atoms with Gasteiger partial charge in [0, 0.05) is 15.9 Å². The van der Waals surface area contributed by atoms with Gasteiger partial charge in [-0.3, -0.25) is 0 Å². The van der Waals surface area contributed by atoms with Crippen LogP contribution < -0.4 is 0 Å². The van der Waals surface area contributed by atoms with Crippen LogP contribution in [-0.4, -0.2) is 16.6 Å². The Kier molecular flexibility index (Phi) is 3.30. The first kappa shape index (κ1) is 13.2. The van der Waals surface area contributed by atoms with Gasteiger partial charge in [0.15, 0.2) is 0 Å². The SMILES string of the molecule is CC(C)(C)OC(=O)c1cc2c(Cl)cc(Cl)cc2[nH]1. The summed E-state index contributed by atoms with van der Waals surface area (Å²) in [5.41, 5.74) is 0.549. The summed E-state index contributed by atoms with van der Waals surface area (Å²) < 4.78 is 5.28. The van der Waals surface area contributed by atoms with Crippen LogP contribution in [-0.2, 0) is 4.74 Å². The van der Waals surface area contributed by atoms with E-state index >= 15 is 0 Å². The van der Waals surface area contributed by atoms with Crippen molar-refractivity contribution in [2.75, 3.05) is 0 Å². The highest BCUT2D eigenvalue weighted by atomic mass is 35.5. The van der Waals surface area contributed by atoms with Crippen LogP contribution in [0, 0.1) is 0 Å². The molecule has 1 aromatic heterocycles. The first-order valence-electron chi connectivity index (χ1n) is 5.47. The number of fused-ring (bicyclic) bond motifs is 1. The predicted molar refractivity (Wildman–Crippen MR) is 73.5 cm³/mol. The predicted octanol–water partition coefficient (Wildman–Crippen LogP) is 4.43. The van der Waals surface area contributed by atoms with Crippen LogP contribution in [0.2, 0.25) is 10.0 Å². The maximum absolute atomic E-state index is 11.9. The fourth-order valence-corrected chi connectivity index (χ4v) is 2.15. The average molecular weight is 286 g/mol. The molecular weight excluding hydrogens is 273 g/mol. The van der Waals surface area contributed by atoms with Gasteiger partial charge in [0.2, 0.25) is 0 Å². The molecule has 0 atom stereocenters. The Morgan fingerprint density at radius 2 is 1.89 bits per heavy atom. The summed E-state index contributed by atoms with van der Waals surface area (Å²) in [5.74, 6) is -0.411. The van der Waals surface area contributed by atoms with Crippen LogP contribution in [0.5, 0.6) is 0 Å². The highest BCUT2D eigenvalue weighted by Gasteiger charge is 2.20. The van der Waals surface area contributed by atoms with Crippen LogP contribution in [0.25, 0.3) is 10.9 Å². The quantitative estimate of drug-likeness (QED) is 0.788. The number of carbonyl (C=O) groups is 1. The molecule has 0 fully saturated rings. The molecule has 96 valence electrons. The van der Waals surface area contributed by atoms with Crippen molar-refractivity contribution in [2.45, 2.75) is 26.4 Å². The molecule has 2 rings (SSSR count). The zero-order chi connectivity index (χ0) is 13.5. The Bertz CT molecular complexity index is 611. The maximum atomic E-state index is 11.9. The number of nitrogens with one attached hydrogen (secondary N) is 1. The minimum atomic E-state index is -0.532. The van der Waals surface area contributed by atoms with E-state index in [0.29, 0.717) is 21.3 Å². The van der Waals surface area contributed by atoms with Crippen molar-refractivity contribution in [3.63, 3.8) is 0 Å². The smallest absolute Gasteiger partial charge is 0.355 e. The van der Waals surface area contributed by atoms with E-state index in [4.69, 9.17) is 27.9 Å². The van der Waals surface area contributed by atoms with Crippen LogP contribution >= 0.6 is 23.2 Å². The molecule has 0 amide bonds. The minimum absolute atomic E-state index is 0.365. The van der Waals surface area contributed by atoms with E-state index in [-0.39, 0.29) is 0 Å². The van der Waals surface area contributed by atoms with Crippen molar-refractivity contribution in [3.05, 3.63) is 33.9 Å². The number of hydrogen-bond acceptors (Lipinski definition) is 2. The monoisotopic (exact) mass is 285 g/mol. The van der Waals surface area contributed by atoms with Crippen LogP contribution in [0.1, 0.15) is 31.3 Å². The highest BCUT2D eigenvalue weighted by molar-refractivity contribution is 6.38. The first-order chi connectivity index (χ1) is 8.26. The number of aromatic nitrogens is 1. The number of H-pyrrole nitrogens is 1. The molecule has 0 radical (unpaired) electrons. The highest BCUT2D eigenvalue weighted by Crippen LogP contribution is 2.28. The fourth-order valence-electron chi connectivity index (χ4n) is 1.60. The van der Waals surface area contributed by atoms with E-state index in [1.807, 2.05) is 20.8 Å². The largest absolute Gasteiger partial charge is 0.455 e. The summed E-state index contributed by atoms with van der Waals surface area (Å²) in [5, 5.41) is 1.77. The van der Waals surface area contributed by atoms with Crippen LogP contribution in [0.15, 0.2) is 18.2 Å². The van der Waals surface area contributed by atoms with Gasteiger partial charge in [0.05, 0.1) is 5.02 Å². The number of carbonyl (C=O) groups excluding carboxylic acids is 1. The van der Waals surface area contributed by atoms with Crippen molar-refractivity contribution in [3.8, 4) is 0 Å². The van der Waals surface area contributed by atoms with Crippen molar-refractivity contribution < 1.29 is 9.53 Å². The molecule has 5 heteroatoms. The maximum Gasteiger partial charge on any atom is 0.355 e. The van der Waals surface area contributed by atoms with E-state index in [1.54, 1.807) is 18.2 Å². The minimum Gasteiger partial charge on any atom is -0.455 e. The number of ether oxygens (including phenoxy) is 1. The second kappa shape index (κ2) is 4.48. The molecule has 0 aliphatic rings. The summed E-state index contributed by atoms with van der Waals surface area (Å²) in [6.45, 7) is 5.45. The Labute approximate surface area is 115 Å². The van der Waals surface area contributed by atoms with Crippen molar-refractivity contribution >= 4 is 40.1 Å². The normalized spacial score (nSPS) is 11.8. The zero-order valence-corrected chi connectivity index (χ0v) is 11.8. The summed E-state index contributed by atoms with van der Waals surface area (Å²) in [7, 11) is 0. The van der Waals surface area contributed by atoms with E-state index in [2.05, 4.69) is 4.98 Å². The number of rotatable bonds is 1. The third kappa shape index (κ3) is 2.79. The van der Waals surface area contributed by atoms with Gasteiger partial charge in [-0.2, -0.15) is 0 Å². The molecule has 0 aliphatic heterocycles. The van der Waals surface area contributed by atoms with Gasteiger partial charge >= 0.3 is 5.97 Å². The van der Waals surface area contributed by atoms with Crippen molar-refractivity contribution in [1.82, 2.24) is 4.98 Å². The van der Waals surface area contributed by atoms with Gasteiger partial charge in [0.1, 0.15) is 11.3 Å². The molecule has 0 saturated carbocycles. The lowest BCUT2D eigenvalue weighted by atomic mass is 10.2. The Balaban J connectivity index is 2.42. The lowest BCUT2D eigenvalue weighted by Crippen LogP contribution is -2.24. The third-order valence-corrected chi connectivity index (χ3v) is 2.80. The number of hydrogen-bond donors (Lipinski definition) is 1. The number of halogens is 2. The van der Waals surface area contributed by atoms with Gasteiger partial charge < -0.3 is 9.72 Å². The van der Waals surface area contributed by atoms with E-state index in [1.165, 1.54) is 0 Å². The zero-order valence-electron chi connectivity index (χ0n) is 10.3. The summed E-state index contributed by atoms with van der Waals surface area (Å²) in [6, 6.07) is 5.02. The Morgan fingerprint density at radius 3 is 2.50 bits per heavy atom. The molecule has 1 heterocycles. The van der Waals surface area contributed by atoms with Gasteiger partial charge in [0.25, 0.3) is 0 Å². The van der Waals surface area contributed by atoms with Gasteiger partial charge in [-0.15, -0.1) is 0 Å². The fraction of sp³-hybridized carbons (Fsp3) is 0.308. The molecule has 0 aliphatic carbocycles. The third-order valence-electron chi connectivity index (χ3n) is 2.27. The number of benzene rings is 1. The second-order valence-corrected chi connectivity index (χ2v) is 5.88. The summed E-state index contributed by atoms with van der Waals surface area (Å²) in [6.07, 6.45) is 0. The van der Waals surface area contributed by atoms with E-state index < -0.39 is 11.6 Å². The van der Waals surface area contributed by atoms with E-state index in [0.717, 1.165) is 5.39 Å². The van der Waals surface area contributed by atoms with Crippen LogP contribution in [0.4, 0.5) is 0 Å². The Morgan fingerprint density at radius 1 is 1.22 bits per heavy atom. The Hall–Kier alpha value is -1.19. The van der Waals surface area contributed by atoms with E-state index in [9.17, 15) is 4.79 Å². The number of esters is 1. The lowest BCUT2D eigenvalue weighted by molar-refractivity contribution is 0.00639. The summed E-state index contributed by atoms with van der Waals surface area (Å²) >= 11 is 12.0. The van der Waals surface area contributed by atoms with Gasteiger partial charge in [-0.05, 0) is 39.0 Å². The molecule has 2 aromatic rings. The van der Waals surface area contributed by atoms with Gasteiger partial charge in [-0.1, -0.05) is 23.2 Å². The lowest BCUT2D eigenvalue weighted by Gasteiger charge is -2.18. The molecule has 0 saturated heterocycles. The summed E-state index contributed by atoms with van der Waals surface area (Å²) in [4.78, 5) is 14.9. The van der Waals surface area contributed by atoms with Crippen molar-refractivity contribution in [1.29, 1.82) is 0 Å². The molecule has 18 heavy (non-hydrogen) atoms. The van der Waals surface area contributed by atoms with Gasteiger partial charge in [-0.25, -0.2) is 4.79 Å². The number of aromatic amines is 1. The molecule has 0 spiro atoms. The standard InChI is InChI=1S/C13H13Cl2NO2/c1-13(2,3)18-12(17)11-6-8-9(15)4-7(14)5-10(8)16-11/h4-6,16H,1-3H3. The molecule has 1 aromatic carbocycles. The molecule has 1 N–H and O–H groups in total. The molecule has 3 nitrogen and oxygen atoms in total.